The van der Waals surface area contributed by atoms with Crippen molar-refractivity contribution in [2.45, 2.75) is 19.4 Å². The zero-order chi connectivity index (χ0) is 17.1. The van der Waals surface area contributed by atoms with E-state index in [2.05, 4.69) is 20.3 Å². The van der Waals surface area contributed by atoms with Crippen molar-refractivity contribution in [2.75, 3.05) is 7.11 Å². The van der Waals surface area contributed by atoms with Crippen LogP contribution in [0, 0.1) is 5.82 Å². The van der Waals surface area contributed by atoms with Crippen LogP contribution in [0.15, 0.2) is 36.9 Å². The van der Waals surface area contributed by atoms with Crippen LogP contribution in [0.5, 0.6) is 5.75 Å². The summed E-state index contributed by atoms with van der Waals surface area (Å²) < 4.78 is 20.6. The lowest BCUT2D eigenvalue weighted by Crippen LogP contribution is -2.10. The smallest absolute Gasteiger partial charge is 0.173 e. The minimum atomic E-state index is -0.540. The number of hydrogen-bond donors (Lipinski definition) is 0. The molecular formula is C16H15ClFN5O. The van der Waals surface area contributed by atoms with Gasteiger partial charge in [-0.05, 0) is 19.1 Å². The quantitative estimate of drug-likeness (QED) is 0.708. The number of nitrogens with zero attached hydrogens (tertiary/aromatic N) is 5. The van der Waals surface area contributed by atoms with Crippen molar-refractivity contribution in [1.82, 2.24) is 25.0 Å². The Morgan fingerprint density at radius 2 is 2.17 bits per heavy atom. The number of methoxy groups -OCH3 is 1. The number of benzene rings is 1. The number of halogens is 2. The molecule has 124 valence electrons. The van der Waals surface area contributed by atoms with Gasteiger partial charge in [0, 0.05) is 30.6 Å². The first-order chi connectivity index (χ1) is 11.6. The maximum atomic E-state index is 14.0. The molecule has 0 aliphatic rings. The first kappa shape index (κ1) is 16.3. The maximum absolute atomic E-state index is 14.0. The first-order valence-corrected chi connectivity index (χ1v) is 7.66. The van der Waals surface area contributed by atoms with Gasteiger partial charge in [0.1, 0.15) is 5.69 Å². The van der Waals surface area contributed by atoms with Crippen molar-refractivity contribution in [3.63, 3.8) is 0 Å². The second kappa shape index (κ2) is 6.92. The van der Waals surface area contributed by atoms with Crippen molar-refractivity contribution in [2.24, 2.45) is 0 Å². The van der Waals surface area contributed by atoms with Crippen molar-refractivity contribution in [3.8, 4) is 17.0 Å². The third kappa shape index (κ3) is 3.35. The lowest BCUT2D eigenvalue weighted by atomic mass is 10.1. The largest absolute Gasteiger partial charge is 0.492 e. The summed E-state index contributed by atoms with van der Waals surface area (Å²) in [5.41, 5.74) is 1.93. The summed E-state index contributed by atoms with van der Waals surface area (Å²) >= 11 is 6.03. The molecular weight excluding hydrogens is 333 g/mol. The van der Waals surface area contributed by atoms with Crippen LogP contribution >= 0.6 is 11.6 Å². The molecule has 0 saturated carbocycles. The van der Waals surface area contributed by atoms with Crippen LogP contribution in [0.3, 0.4) is 0 Å². The zero-order valence-corrected chi connectivity index (χ0v) is 13.9. The summed E-state index contributed by atoms with van der Waals surface area (Å²) in [5.74, 6) is -0.522. The van der Waals surface area contributed by atoms with E-state index in [1.54, 1.807) is 35.5 Å². The fraction of sp³-hybridized carbons (Fsp3) is 0.250. The van der Waals surface area contributed by atoms with Crippen LogP contribution in [0.1, 0.15) is 18.7 Å². The van der Waals surface area contributed by atoms with Gasteiger partial charge in [-0.2, -0.15) is 0 Å². The van der Waals surface area contributed by atoms with Gasteiger partial charge in [-0.15, -0.1) is 5.10 Å². The molecule has 0 saturated heterocycles. The Morgan fingerprint density at radius 1 is 1.33 bits per heavy atom. The minimum absolute atomic E-state index is 0.0174. The van der Waals surface area contributed by atoms with E-state index in [0.29, 0.717) is 17.7 Å². The van der Waals surface area contributed by atoms with Crippen molar-refractivity contribution >= 4 is 11.6 Å². The van der Waals surface area contributed by atoms with E-state index in [-0.39, 0.29) is 16.8 Å². The van der Waals surface area contributed by atoms with E-state index in [9.17, 15) is 4.39 Å². The summed E-state index contributed by atoms with van der Waals surface area (Å²) in [6, 6.07) is 2.96. The van der Waals surface area contributed by atoms with Crippen LogP contribution in [-0.2, 0) is 6.42 Å². The molecule has 0 aliphatic carbocycles. The van der Waals surface area contributed by atoms with Crippen LogP contribution in [0.25, 0.3) is 11.3 Å². The molecule has 8 heteroatoms. The summed E-state index contributed by atoms with van der Waals surface area (Å²) in [4.78, 5) is 8.29. The molecule has 3 aromatic rings. The molecule has 1 aromatic carbocycles. The average Bonchev–Trinajstić information content (AvgIpc) is 3.05. The van der Waals surface area contributed by atoms with Crippen LogP contribution in [0.4, 0.5) is 4.39 Å². The highest BCUT2D eigenvalue weighted by molar-refractivity contribution is 6.32. The van der Waals surface area contributed by atoms with Gasteiger partial charge in [0.15, 0.2) is 11.6 Å². The van der Waals surface area contributed by atoms with Gasteiger partial charge in [-0.25, -0.2) is 9.07 Å². The monoisotopic (exact) mass is 347 g/mol. The molecule has 0 unspecified atom stereocenters. The standard InChI is InChI=1S/C16H15ClFN5O/c1-10(5-12-8-19-3-4-20-12)23-9-15(21-22-23)11-6-13(17)16(24-2)14(18)7-11/h3-4,6-10H,5H2,1-2H3/t10-/m0/s1. The van der Waals surface area contributed by atoms with Gasteiger partial charge in [0.2, 0.25) is 0 Å². The lowest BCUT2D eigenvalue weighted by molar-refractivity contribution is 0.387. The minimum Gasteiger partial charge on any atom is -0.492 e. The molecule has 1 atom stereocenters. The Labute approximate surface area is 143 Å². The molecule has 0 spiro atoms. The highest BCUT2D eigenvalue weighted by Crippen LogP contribution is 2.32. The Balaban J connectivity index is 1.83. The van der Waals surface area contributed by atoms with Gasteiger partial charge in [0.05, 0.1) is 30.1 Å². The summed E-state index contributed by atoms with van der Waals surface area (Å²) in [7, 11) is 1.37. The number of rotatable bonds is 5. The predicted molar refractivity (Wildman–Crippen MR) is 87.4 cm³/mol. The Kier molecular flexibility index (Phi) is 4.71. The molecule has 0 aliphatic heterocycles. The molecule has 2 heterocycles. The third-order valence-electron chi connectivity index (χ3n) is 3.58. The van der Waals surface area contributed by atoms with E-state index in [1.807, 2.05) is 6.92 Å². The fourth-order valence-corrected chi connectivity index (χ4v) is 2.64. The summed E-state index contributed by atoms with van der Waals surface area (Å²) in [6.45, 7) is 1.99. The van der Waals surface area contributed by atoms with E-state index in [4.69, 9.17) is 16.3 Å². The lowest BCUT2D eigenvalue weighted by Gasteiger charge is -2.10. The molecule has 2 aromatic heterocycles. The number of hydrogen-bond acceptors (Lipinski definition) is 5. The molecule has 3 rings (SSSR count). The topological polar surface area (TPSA) is 65.7 Å². The highest BCUT2D eigenvalue weighted by atomic mass is 35.5. The number of ether oxygens (including phenoxy) is 1. The van der Waals surface area contributed by atoms with Gasteiger partial charge < -0.3 is 4.74 Å². The average molecular weight is 348 g/mol. The van der Waals surface area contributed by atoms with Crippen LogP contribution in [0.2, 0.25) is 5.02 Å². The van der Waals surface area contributed by atoms with Crippen molar-refractivity contribution in [3.05, 3.63) is 53.5 Å². The Hall–Kier alpha value is -2.54. The molecule has 0 bridgehead atoms. The molecule has 24 heavy (non-hydrogen) atoms. The SMILES string of the molecule is COc1c(F)cc(-c2cn([C@@H](C)Cc3cnccn3)nn2)cc1Cl. The van der Waals surface area contributed by atoms with Gasteiger partial charge in [-0.3, -0.25) is 9.97 Å². The Morgan fingerprint density at radius 3 is 2.83 bits per heavy atom. The van der Waals surface area contributed by atoms with Gasteiger partial charge >= 0.3 is 0 Å². The van der Waals surface area contributed by atoms with Crippen LogP contribution in [-0.4, -0.2) is 32.1 Å². The van der Waals surface area contributed by atoms with Gasteiger partial charge in [-0.1, -0.05) is 16.8 Å². The van der Waals surface area contributed by atoms with E-state index in [0.717, 1.165) is 5.69 Å². The zero-order valence-electron chi connectivity index (χ0n) is 13.1. The van der Waals surface area contributed by atoms with E-state index in [1.165, 1.54) is 13.2 Å². The third-order valence-corrected chi connectivity index (χ3v) is 3.86. The van der Waals surface area contributed by atoms with Crippen LogP contribution < -0.4 is 4.74 Å². The highest BCUT2D eigenvalue weighted by Gasteiger charge is 2.15. The molecule has 0 amide bonds. The summed E-state index contributed by atoms with van der Waals surface area (Å²) in [6.07, 6.45) is 7.40. The molecule has 0 N–H and O–H groups in total. The first-order valence-electron chi connectivity index (χ1n) is 7.28. The van der Waals surface area contributed by atoms with E-state index < -0.39 is 5.82 Å². The molecule has 0 radical (unpaired) electrons. The van der Waals surface area contributed by atoms with Gasteiger partial charge in [0.25, 0.3) is 0 Å². The van der Waals surface area contributed by atoms with E-state index >= 15 is 0 Å². The molecule has 6 nitrogen and oxygen atoms in total. The second-order valence-electron chi connectivity index (χ2n) is 5.31. The molecule has 0 fully saturated rings. The Bertz CT molecular complexity index is 816. The van der Waals surface area contributed by atoms with Crippen molar-refractivity contribution < 1.29 is 9.13 Å². The second-order valence-corrected chi connectivity index (χ2v) is 5.71. The predicted octanol–water partition coefficient (Wildman–Crippen LogP) is 3.34. The fourth-order valence-electron chi connectivity index (χ4n) is 2.36. The maximum Gasteiger partial charge on any atom is 0.173 e. The van der Waals surface area contributed by atoms with Crippen molar-refractivity contribution in [1.29, 1.82) is 0 Å². The number of aromatic nitrogens is 5. The summed E-state index contributed by atoms with van der Waals surface area (Å²) in [5, 5.41) is 8.40. The normalized spacial score (nSPS) is 12.2.